The zero-order valence-corrected chi connectivity index (χ0v) is 57.6. The smallest absolute Gasteiger partial charge is 0.332 e. The van der Waals surface area contributed by atoms with E-state index < -0.39 is 64.8 Å². The highest BCUT2D eigenvalue weighted by molar-refractivity contribution is 7.13. The van der Waals surface area contributed by atoms with Gasteiger partial charge in [-0.25, -0.2) is 29.5 Å². The number of esters is 1. The van der Waals surface area contributed by atoms with E-state index in [1.165, 1.54) is 22.7 Å². The second-order valence-corrected chi connectivity index (χ2v) is 28.7. The number of aliphatic carboxylic acids is 1. The maximum Gasteiger partial charge on any atom is 0.332 e. The van der Waals surface area contributed by atoms with Crippen LogP contribution in [0.15, 0.2) is 71.5 Å². The lowest BCUT2D eigenvalue weighted by Crippen LogP contribution is -2.50. The van der Waals surface area contributed by atoms with Gasteiger partial charge in [0, 0.05) is 72.7 Å². The molecule has 0 spiro atoms. The second kappa shape index (κ2) is 28.5. The minimum absolute atomic E-state index is 0.0940. The first-order valence-corrected chi connectivity index (χ1v) is 35.1. The molecule has 4 amide bonds. The Morgan fingerprint density at radius 1 is 0.628 bits per heavy atom. The zero-order valence-electron chi connectivity index (χ0n) is 54.5. The lowest BCUT2D eigenvalue weighted by Gasteiger charge is -2.26. The SMILES string of the molecule is CCOC(=O)[C@@]12C[C@H]1/C=C\CCCCN(C)C(=O)[C@@H]1CC(Oc3cc(-c4nc(C(C)C)cs4)nc4c(Cl)c(OC)ccc34)C[C@H]1C(=O)N2.COc1ccc2c(OC3C[C@H]4C(=O)N[C@]5(C(=O)O)C[C@H]5/C=C\CCCCN(C)C(=O)[C@@H]4C3)cc(-c3nc(C(C)C)cs3)nc2c1Cl. The molecule has 2 unspecified atom stereocenters. The first-order chi connectivity index (χ1) is 45.1. The minimum atomic E-state index is -1.34. The van der Waals surface area contributed by atoms with Crippen molar-refractivity contribution < 1.29 is 57.6 Å². The number of carboxylic acid groups (broad SMARTS) is 1. The van der Waals surface area contributed by atoms with Crippen LogP contribution in [0.5, 0.6) is 23.0 Å². The summed E-state index contributed by atoms with van der Waals surface area (Å²) in [6.45, 7) is 11.5. The molecule has 10 atom stereocenters. The number of thiazole rings is 2. The van der Waals surface area contributed by atoms with Crippen molar-refractivity contribution >= 4 is 103 Å². The van der Waals surface area contributed by atoms with E-state index in [4.69, 9.17) is 66.8 Å². The average molecular weight is 1360 g/mol. The molecule has 6 aromatic rings. The van der Waals surface area contributed by atoms with E-state index in [0.29, 0.717) is 111 Å². The van der Waals surface area contributed by atoms with Gasteiger partial charge in [0.1, 0.15) is 77.7 Å². The average Bonchev–Trinajstić information content (AvgIpc) is 1.55. The molecule has 24 heteroatoms. The predicted octanol–water partition coefficient (Wildman–Crippen LogP) is 12.6. The summed E-state index contributed by atoms with van der Waals surface area (Å²) in [5, 5.41) is 23.5. The second-order valence-electron chi connectivity index (χ2n) is 26.2. The van der Waals surface area contributed by atoms with Gasteiger partial charge >= 0.3 is 11.9 Å². The third-order valence-electron chi connectivity index (χ3n) is 19.2. The molecule has 4 saturated carbocycles. The predicted molar refractivity (Wildman–Crippen MR) is 362 cm³/mol. The summed E-state index contributed by atoms with van der Waals surface area (Å²) in [6, 6.07) is 10.9. The summed E-state index contributed by atoms with van der Waals surface area (Å²) >= 11 is 16.5. The van der Waals surface area contributed by atoms with E-state index >= 15 is 0 Å². The summed E-state index contributed by atoms with van der Waals surface area (Å²) in [5.74, 6) is -3.06. The highest BCUT2D eigenvalue weighted by atomic mass is 35.5. The standard InChI is InChI=1S/C36H43ClN4O6S.C34H39ClN4O6S/c1-6-46-35(44)36-18-21(36)11-9-7-8-10-14-41(4)34(43)25-16-22(15-24(25)32(42)40-36)47-29-17-26(33-39-27(19-48-33)20(2)3)38-31-23(29)12-13-28(45-5)30(31)37;1-18(2)25-17-46-31(37-25)24-15-27(21-10-11-26(44-4)28(35)29(21)36-24)45-20-13-22-23(14-20)32(41)39(3)12-8-6-5-7-9-19-16-34(19,33(42)43)38-30(22)40/h9,11-13,17,19-22,24-25H,6-8,10,14-16,18H2,1-5H3,(H,40,42);7,9-11,15,17-20,22-23H,5-6,8,12-14,16H2,1-4H3,(H,38,40)(H,42,43)/b11-9-;9-7-/t21-,22?,24-,25-,36-;19-,20?,22-,23-,34-/m11/s1. The largest absolute Gasteiger partial charge is 0.495 e. The quantitative estimate of drug-likeness (QED) is 0.0718. The normalized spacial score (nSPS) is 27.1. The Labute approximate surface area is 565 Å². The number of halogens is 2. The van der Waals surface area contributed by atoms with Crippen molar-refractivity contribution in [3.05, 3.63) is 92.9 Å². The maximum atomic E-state index is 14.1. The van der Waals surface area contributed by atoms with Crippen molar-refractivity contribution in [1.29, 1.82) is 0 Å². The summed E-state index contributed by atoms with van der Waals surface area (Å²) in [5.41, 5.74) is 1.69. The number of allylic oxidation sites excluding steroid dienone is 2. The number of amides is 4. The molecule has 4 aliphatic carbocycles. The van der Waals surface area contributed by atoms with Crippen LogP contribution < -0.4 is 29.6 Å². The summed E-state index contributed by atoms with van der Waals surface area (Å²) in [4.78, 5) is 104. The minimum Gasteiger partial charge on any atom is -0.495 e. The number of carbonyl (C=O) groups excluding carboxylic acids is 5. The van der Waals surface area contributed by atoms with Crippen molar-refractivity contribution in [2.75, 3.05) is 48.0 Å². The molecular formula is C70H82Cl2N8O12S2. The van der Waals surface area contributed by atoms with Gasteiger partial charge in [-0.1, -0.05) is 75.2 Å². The van der Waals surface area contributed by atoms with Gasteiger partial charge < -0.3 is 49.2 Å². The van der Waals surface area contributed by atoms with Crippen LogP contribution in [-0.2, 0) is 33.5 Å². The molecule has 3 N–H and O–H groups in total. The van der Waals surface area contributed by atoms with Gasteiger partial charge in [-0.15, -0.1) is 22.7 Å². The summed E-state index contributed by atoms with van der Waals surface area (Å²) in [7, 11) is 6.65. The van der Waals surface area contributed by atoms with Crippen LogP contribution in [0.3, 0.4) is 0 Å². The Morgan fingerprint density at radius 2 is 1.05 bits per heavy atom. The lowest BCUT2D eigenvalue weighted by atomic mass is 9.93. The number of ether oxygens (including phenoxy) is 5. The van der Waals surface area contributed by atoms with Gasteiger partial charge in [0.15, 0.2) is 0 Å². The molecule has 6 heterocycles. The van der Waals surface area contributed by atoms with Crippen molar-refractivity contribution in [3.8, 4) is 44.4 Å². The summed E-state index contributed by atoms with van der Waals surface area (Å²) in [6.07, 6.45) is 14.1. The molecule has 94 heavy (non-hydrogen) atoms. The van der Waals surface area contributed by atoms with Crippen molar-refractivity contribution in [2.45, 2.75) is 147 Å². The van der Waals surface area contributed by atoms with Crippen LogP contribution in [-0.4, -0.2) is 142 Å². The van der Waals surface area contributed by atoms with E-state index in [2.05, 4.69) is 44.4 Å². The number of carbonyl (C=O) groups is 6. The number of aromatic nitrogens is 4. The molecule has 20 nitrogen and oxygen atoms in total. The van der Waals surface area contributed by atoms with E-state index in [1.807, 2.05) is 53.3 Å². The third kappa shape index (κ3) is 14.0. The molecule has 2 aliphatic heterocycles. The van der Waals surface area contributed by atoms with E-state index in [9.17, 15) is 33.9 Å². The van der Waals surface area contributed by atoms with E-state index in [-0.39, 0.29) is 54.4 Å². The Bertz CT molecular complexity index is 3950. The van der Waals surface area contributed by atoms with Crippen LogP contribution in [0.25, 0.3) is 43.2 Å². The molecular weight excluding hydrogens is 1280 g/mol. The highest BCUT2D eigenvalue weighted by Crippen LogP contribution is 2.50. The molecule has 500 valence electrons. The van der Waals surface area contributed by atoms with Gasteiger partial charge in [-0.05, 0) is 120 Å². The molecule has 0 bridgehead atoms. The molecule has 4 aromatic heterocycles. The number of hydrogen-bond acceptors (Lipinski definition) is 17. The molecule has 4 fully saturated rings. The fourth-order valence-electron chi connectivity index (χ4n) is 13.5. The first kappa shape index (κ1) is 68.0. The Kier molecular flexibility index (Phi) is 20.6. The molecule has 0 saturated heterocycles. The van der Waals surface area contributed by atoms with Gasteiger partial charge in [-0.3, -0.25) is 19.2 Å². The number of benzene rings is 2. The monoisotopic (exact) mass is 1360 g/mol. The van der Waals surface area contributed by atoms with Crippen molar-refractivity contribution in [3.63, 3.8) is 0 Å². The zero-order chi connectivity index (χ0) is 66.9. The Balaban J connectivity index is 0.000000192. The van der Waals surface area contributed by atoms with Gasteiger partial charge in [0.25, 0.3) is 0 Å². The summed E-state index contributed by atoms with van der Waals surface area (Å²) < 4.78 is 29.7. The van der Waals surface area contributed by atoms with Crippen LogP contribution >= 0.6 is 45.9 Å². The number of hydrogen-bond donors (Lipinski definition) is 3. The van der Waals surface area contributed by atoms with Crippen LogP contribution in [0.1, 0.15) is 135 Å². The van der Waals surface area contributed by atoms with Crippen LogP contribution in [0, 0.1) is 35.5 Å². The molecule has 0 radical (unpaired) electrons. The Hall–Kier alpha value is -7.40. The van der Waals surface area contributed by atoms with Gasteiger partial charge in [-0.2, -0.15) is 0 Å². The fourth-order valence-corrected chi connectivity index (χ4v) is 15.9. The van der Waals surface area contributed by atoms with Crippen molar-refractivity contribution in [2.24, 2.45) is 35.5 Å². The van der Waals surface area contributed by atoms with Crippen molar-refractivity contribution in [1.82, 2.24) is 40.4 Å². The number of nitrogens with zero attached hydrogens (tertiary/aromatic N) is 6. The lowest BCUT2D eigenvalue weighted by molar-refractivity contribution is -0.150. The highest BCUT2D eigenvalue weighted by Gasteiger charge is 2.63. The Morgan fingerprint density at radius 3 is 1.47 bits per heavy atom. The van der Waals surface area contributed by atoms with E-state index in [0.717, 1.165) is 59.9 Å². The van der Waals surface area contributed by atoms with Crippen LogP contribution in [0.2, 0.25) is 10.0 Å². The van der Waals surface area contributed by atoms with Gasteiger partial charge in [0.2, 0.25) is 23.6 Å². The molecule has 6 aliphatic rings. The number of carboxylic acids is 1. The topological polar surface area (TPSA) is 251 Å². The first-order valence-electron chi connectivity index (χ1n) is 32.6. The number of rotatable bonds is 13. The van der Waals surface area contributed by atoms with Crippen LogP contribution in [0.4, 0.5) is 0 Å². The molecule has 2 aromatic carbocycles. The number of pyridine rings is 2. The molecule has 12 rings (SSSR count). The maximum absolute atomic E-state index is 14.1. The van der Waals surface area contributed by atoms with E-state index in [1.54, 1.807) is 57.2 Å². The number of fused-ring (bicyclic) bond motifs is 6. The fraction of sp³-hybridized carbons (Fsp3) is 0.514. The number of nitrogens with one attached hydrogen (secondary N) is 2. The van der Waals surface area contributed by atoms with Gasteiger partial charge in [0.05, 0.1) is 66.9 Å². The number of methoxy groups -OCH3 is 2. The third-order valence-corrected chi connectivity index (χ3v) is 21.7.